The van der Waals surface area contributed by atoms with Crippen molar-refractivity contribution in [1.82, 2.24) is 0 Å². The third-order valence-corrected chi connectivity index (χ3v) is 7.53. The fourth-order valence-electron chi connectivity index (χ4n) is 4.17. The normalized spacial score (nSPS) is 15.0. The van der Waals surface area contributed by atoms with E-state index in [-0.39, 0.29) is 35.0 Å². The molecule has 35 heavy (non-hydrogen) atoms. The van der Waals surface area contributed by atoms with E-state index in [1.165, 1.54) is 0 Å². The molecule has 0 bridgehead atoms. The lowest BCUT2D eigenvalue weighted by Gasteiger charge is -2.33. The summed E-state index contributed by atoms with van der Waals surface area (Å²) in [4.78, 5) is 15.1. The smallest absolute Gasteiger partial charge is 0.261 e. The van der Waals surface area contributed by atoms with E-state index < -0.39 is 10.0 Å². The monoisotopic (exact) mass is 512 g/mol. The van der Waals surface area contributed by atoms with Gasteiger partial charge in [0.05, 0.1) is 4.90 Å². The van der Waals surface area contributed by atoms with Crippen LogP contribution in [0.4, 0.5) is 11.4 Å². The number of nitrogens with zero attached hydrogens (tertiary/aromatic N) is 1. The number of aryl methyl sites for hydroxylation is 1. The Bertz CT molecular complexity index is 1310. The molecule has 7 nitrogen and oxygen atoms in total. The minimum Gasteiger partial charge on any atom is -0.384 e. The lowest BCUT2D eigenvalue weighted by atomic mass is 9.90. The zero-order valence-electron chi connectivity index (χ0n) is 19.4. The Balaban J connectivity index is 0.00000342. The van der Waals surface area contributed by atoms with Crippen molar-refractivity contribution in [2.24, 2.45) is 5.73 Å². The zero-order chi connectivity index (χ0) is 24.3. The molecule has 1 unspecified atom stereocenters. The summed E-state index contributed by atoms with van der Waals surface area (Å²) in [5.41, 5.74) is 9.44. The van der Waals surface area contributed by atoms with E-state index in [1.54, 1.807) is 53.4 Å². The van der Waals surface area contributed by atoms with Crippen molar-refractivity contribution in [1.29, 1.82) is 5.41 Å². The van der Waals surface area contributed by atoms with Crippen LogP contribution in [0, 0.1) is 5.41 Å². The second-order valence-corrected chi connectivity index (χ2v) is 10.2. The maximum atomic E-state index is 13.1. The van der Waals surface area contributed by atoms with Gasteiger partial charge in [-0.1, -0.05) is 49.4 Å². The van der Waals surface area contributed by atoms with Crippen molar-refractivity contribution in [3.05, 3.63) is 89.5 Å². The summed E-state index contributed by atoms with van der Waals surface area (Å²) >= 11 is 0. The van der Waals surface area contributed by atoms with Gasteiger partial charge in [0.1, 0.15) is 5.84 Å². The molecule has 1 aliphatic heterocycles. The number of nitrogens with one attached hydrogen (secondary N) is 2. The fraction of sp³-hybridized carbons (Fsp3) is 0.231. The highest BCUT2D eigenvalue weighted by atomic mass is 35.5. The van der Waals surface area contributed by atoms with E-state index in [0.29, 0.717) is 30.6 Å². The number of nitrogen functional groups attached to an aromatic ring is 1. The van der Waals surface area contributed by atoms with Crippen LogP contribution in [-0.4, -0.2) is 26.7 Å². The Morgan fingerprint density at radius 1 is 1.09 bits per heavy atom. The molecule has 0 aromatic heterocycles. The maximum Gasteiger partial charge on any atom is 0.261 e. The van der Waals surface area contributed by atoms with Gasteiger partial charge < -0.3 is 10.6 Å². The molecule has 4 rings (SSSR count). The average molecular weight is 513 g/mol. The molecule has 4 N–H and O–H groups in total. The summed E-state index contributed by atoms with van der Waals surface area (Å²) < 4.78 is 28.1. The highest BCUT2D eigenvalue weighted by Gasteiger charge is 2.27. The van der Waals surface area contributed by atoms with Crippen LogP contribution >= 0.6 is 12.4 Å². The number of fused-ring (bicyclic) bond motifs is 1. The second-order valence-electron chi connectivity index (χ2n) is 8.54. The SMILES string of the molecule is CC1CCN(C(=O)CCc2ccc(C(=N)N)cc2)c2ccc(NS(=O)(=O)c3ccccc3)cc21.Cl. The van der Waals surface area contributed by atoms with Crippen LogP contribution in [-0.2, 0) is 21.2 Å². The molecule has 1 aliphatic rings. The van der Waals surface area contributed by atoms with Gasteiger partial charge in [-0.2, -0.15) is 0 Å². The van der Waals surface area contributed by atoms with Gasteiger partial charge in [-0.3, -0.25) is 14.9 Å². The Labute approximate surface area is 212 Å². The van der Waals surface area contributed by atoms with Gasteiger partial charge in [0, 0.05) is 29.9 Å². The number of carbonyl (C=O) groups excluding carboxylic acids is 1. The number of nitrogens with two attached hydrogens (primary N) is 1. The summed E-state index contributed by atoms with van der Waals surface area (Å²) in [7, 11) is -3.69. The number of halogens is 1. The summed E-state index contributed by atoms with van der Waals surface area (Å²) in [5.74, 6) is 0.257. The molecule has 1 atom stereocenters. The first-order valence-corrected chi connectivity index (χ1v) is 12.7. The Hall–Kier alpha value is -3.36. The summed E-state index contributed by atoms with van der Waals surface area (Å²) in [5, 5.41) is 7.48. The van der Waals surface area contributed by atoms with Crippen LogP contribution in [0.1, 0.15) is 42.4 Å². The highest BCUT2D eigenvalue weighted by Crippen LogP contribution is 2.37. The molecule has 1 amide bonds. The van der Waals surface area contributed by atoms with Crippen LogP contribution in [0.15, 0.2) is 77.7 Å². The van der Waals surface area contributed by atoms with Crippen LogP contribution < -0.4 is 15.4 Å². The van der Waals surface area contributed by atoms with Crippen LogP contribution in [0.2, 0.25) is 0 Å². The lowest BCUT2D eigenvalue weighted by molar-refractivity contribution is -0.118. The highest BCUT2D eigenvalue weighted by molar-refractivity contribution is 7.92. The number of benzene rings is 3. The number of carbonyl (C=O) groups is 1. The van der Waals surface area contributed by atoms with Crippen LogP contribution in [0.3, 0.4) is 0 Å². The number of hydrogen-bond donors (Lipinski definition) is 3. The van der Waals surface area contributed by atoms with Crippen molar-refractivity contribution in [3.8, 4) is 0 Å². The number of amidine groups is 1. The van der Waals surface area contributed by atoms with Crippen molar-refractivity contribution >= 4 is 45.5 Å². The standard InChI is InChI=1S/C26H28N4O3S.ClH/c1-18-15-16-30(25(31)14-9-19-7-10-20(11-8-19)26(27)28)24-13-12-21(17-23(18)24)29-34(32,33)22-5-3-2-4-6-22;/h2-8,10-13,17-18,29H,9,14-16H2,1H3,(H3,27,28);1H. The van der Waals surface area contributed by atoms with Crippen molar-refractivity contribution in [3.63, 3.8) is 0 Å². The zero-order valence-corrected chi connectivity index (χ0v) is 21.0. The molecule has 184 valence electrons. The first-order valence-electron chi connectivity index (χ1n) is 11.2. The minimum absolute atomic E-state index is 0. The largest absolute Gasteiger partial charge is 0.384 e. The fourth-order valence-corrected chi connectivity index (χ4v) is 5.24. The maximum absolute atomic E-state index is 13.1. The van der Waals surface area contributed by atoms with Crippen molar-refractivity contribution < 1.29 is 13.2 Å². The summed E-state index contributed by atoms with van der Waals surface area (Å²) in [6.07, 6.45) is 1.75. The third kappa shape index (κ3) is 6.01. The predicted octanol–water partition coefficient (Wildman–Crippen LogP) is 4.67. The second kappa shape index (κ2) is 10.9. The Morgan fingerprint density at radius 3 is 2.43 bits per heavy atom. The molecule has 3 aromatic rings. The molecule has 3 aromatic carbocycles. The topological polar surface area (TPSA) is 116 Å². The molecule has 0 saturated carbocycles. The van der Waals surface area contributed by atoms with Crippen molar-refractivity contribution in [2.75, 3.05) is 16.2 Å². The van der Waals surface area contributed by atoms with Gasteiger partial charge in [0.25, 0.3) is 10.0 Å². The van der Waals surface area contributed by atoms with E-state index in [0.717, 1.165) is 23.2 Å². The summed E-state index contributed by atoms with van der Waals surface area (Å²) in [6, 6.07) is 21.0. The number of amides is 1. The molecule has 1 heterocycles. The predicted molar refractivity (Wildman–Crippen MR) is 142 cm³/mol. The molecule has 0 spiro atoms. The third-order valence-electron chi connectivity index (χ3n) is 6.13. The average Bonchev–Trinajstić information content (AvgIpc) is 2.83. The van der Waals surface area contributed by atoms with E-state index >= 15 is 0 Å². The molecular formula is C26H29ClN4O3S. The molecule has 0 saturated heterocycles. The van der Waals surface area contributed by atoms with Crippen LogP contribution in [0.25, 0.3) is 0 Å². The number of sulfonamides is 1. The Morgan fingerprint density at radius 2 is 1.77 bits per heavy atom. The van der Waals surface area contributed by atoms with Crippen molar-refractivity contribution in [2.45, 2.75) is 37.0 Å². The lowest BCUT2D eigenvalue weighted by Crippen LogP contribution is -2.36. The number of anilines is 2. The quantitative estimate of drug-likeness (QED) is 0.315. The van der Waals surface area contributed by atoms with E-state index in [1.807, 2.05) is 24.3 Å². The minimum atomic E-state index is -3.69. The Kier molecular flexibility index (Phi) is 8.19. The van der Waals surface area contributed by atoms with E-state index in [9.17, 15) is 13.2 Å². The van der Waals surface area contributed by atoms with E-state index in [4.69, 9.17) is 11.1 Å². The molecule has 0 aliphatic carbocycles. The summed E-state index contributed by atoms with van der Waals surface area (Å²) in [6.45, 7) is 2.72. The first-order chi connectivity index (χ1) is 16.2. The van der Waals surface area contributed by atoms with Gasteiger partial charge in [0.2, 0.25) is 5.91 Å². The molecule has 9 heteroatoms. The number of rotatable bonds is 7. The molecule has 0 radical (unpaired) electrons. The van der Waals surface area contributed by atoms with Gasteiger partial charge in [-0.25, -0.2) is 8.42 Å². The van der Waals surface area contributed by atoms with Gasteiger partial charge >= 0.3 is 0 Å². The molecular weight excluding hydrogens is 484 g/mol. The van der Waals surface area contributed by atoms with Gasteiger partial charge in [0.15, 0.2) is 0 Å². The number of hydrogen-bond acceptors (Lipinski definition) is 4. The first kappa shape index (κ1) is 26.2. The van der Waals surface area contributed by atoms with Crippen LogP contribution in [0.5, 0.6) is 0 Å². The van der Waals surface area contributed by atoms with E-state index in [2.05, 4.69) is 11.6 Å². The van der Waals surface area contributed by atoms with Gasteiger partial charge in [-0.05, 0) is 60.2 Å². The molecule has 0 fully saturated rings. The van der Waals surface area contributed by atoms with Gasteiger partial charge in [-0.15, -0.1) is 12.4 Å².